The molecule has 1 aliphatic heterocycles. The van der Waals surface area contributed by atoms with Crippen molar-refractivity contribution in [2.45, 2.75) is 38.6 Å². The van der Waals surface area contributed by atoms with Crippen LogP contribution in [0.15, 0.2) is 12.4 Å². The largest absolute Gasteiger partial charge is 0.356 e. The molecule has 4 nitrogen and oxygen atoms in total. The molecular formula is C15H21N3O. The molecule has 102 valence electrons. The molecule has 2 heterocycles. The molecule has 4 rings (SSSR count). The van der Waals surface area contributed by atoms with Gasteiger partial charge in [0.2, 0.25) is 5.91 Å². The van der Waals surface area contributed by atoms with Gasteiger partial charge in [0.05, 0.1) is 0 Å². The number of carbonyl (C=O) groups is 1. The van der Waals surface area contributed by atoms with Crippen molar-refractivity contribution in [3.63, 3.8) is 0 Å². The molecule has 3 atom stereocenters. The van der Waals surface area contributed by atoms with Crippen LogP contribution in [0.4, 0.5) is 0 Å². The van der Waals surface area contributed by atoms with E-state index in [1.807, 2.05) is 6.20 Å². The minimum Gasteiger partial charge on any atom is -0.356 e. The number of amides is 1. The molecule has 1 aromatic heterocycles. The van der Waals surface area contributed by atoms with Crippen molar-refractivity contribution in [3.8, 4) is 0 Å². The molecule has 4 heteroatoms. The second-order valence-corrected chi connectivity index (χ2v) is 6.48. The summed E-state index contributed by atoms with van der Waals surface area (Å²) >= 11 is 0. The van der Waals surface area contributed by atoms with Crippen LogP contribution in [-0.2, 0) is 17.8 Å². The van der Waals surface area contributed by atoms with Crippen molar-refractivity contribution in [2.24, 2.45) is 23.7 Å². The van der Waals surface area contributed by atoms with E-state index in [2.05, 4.69) is 21.1 Å². The van der Waals surface area contributed by atoms with Crippen LogP contribution in [0.1, 0.15) is 31.5 Å². The molecule has 0 bridgehead atoms. The molecule has 0 aromatic carbocycles. The van der Waals surface area contributed by atoms with Gasteiger partial charge in [-0.1, -0.05) is 0 Å². The van der Waals surface area contributed by atoms with Crippen molar-refractivity contribution < 1.29 is 4.79 Å². The highest BCUT2D eigenvalue weighted by Crippen LogP contribution is 2.54. The van der Waals surface area contributed by atoms with Gasteiger partial charge in [-0.3, -0.25) is 4.79 Å². The normalized spacial score (nSPS) is 32.7. The number of hydrogen-bond acceptors (Lipinski definition) is 2. The molecule has 0 saturated heterocycles. The first-order chi connectivity index (χ1) is 9.31. The van der Waals surface area contributed by atoms with Gasteiger partial charge >= 0.3 is 0 Å². The molecule has 1 amide bonds. The van der Waals surface area contributed by atoms with E-state index in [1.54, 1.807) is 0 Å². The zero-order chi connectivity index (χ0) is 12.8. The van der Waals surface area contributed by atoms with Crippen LogP contribution < -0.4 is 5.32 Å². The van der Waals surface area contributed by atoms with Gasteiger partial charge in [-0.25, -0.2) is 4.98 Å². The molecule has 19 heavy (non-hydrogen) atoms. The van der Waals surface area contributed by atoms with Crippen molar-refractivity contribution in [2.75, 3.05) is 6.54 Å². The Hall–Kier alpha value is -1.32. The van der Waals surface area contributed by atoms with Crippen LogP contribution in [-0.4, -0.2) is 22.0 Å². The Balaban J connectivity index is 1.26. The van der Waals surface area contributed by atoms with E-state index in [0.29, 0.717) is 17.7 Å². The zero-order valence-corrected chi connectivity index (χ0v) is 11.2. The maximum absolute atomic E-state index is 12.1. The summed E-state index contributed by atoms with van der Waals surface area (Å²) in [5.41, 5.74) is 0. The molecule has 3 aliphatic rings. The Labute approximate surface area is 113 Å². The monoisotopic (exact) mass is 259 g/mol. The minimum atomic E-state index is 0.311. The average Bonchev–Trinajstić information content (AvgIpc) is 3.30. The third-order valence-corrected chi connectivity index (χ3v) is 5.02. The number of rotatable bonds is 4. The molecule has 2 saturated carbocycles. The predicted molar refractivity (Wildman–Crippen MR) is 71.4 cm³/mol. The van der Waals surface area contributed by atoms with Crippen molar-refractivity contribution >= 4 is 5.91 Å². The highest BCUT2D eigenvalue weighted by molar-refractivity contribution is 5.81. The molecule has 0 radical (unpaired) electrons. The lowest BCUT2D eigenvalue weighted by atomic mass is 9.98. The third kappa shape index (κ3) is 2.28. The fraction of sp³-hybridized carbons (Fsp3) is 0.733. The number of nitrogens with one attached hydrogen (secondary N) is 1. The van der Waals surface area contributed by atoms with E-state index < -0.39 is 0 Å². The number of carbonyl (C=O) groups excluding carboxylic acids is 1. The molecular weight excluding hydrogens is 238 g/mol. The van der Waals surface area contributed by atoms with Crippen LogP contribution in [0, 0.1) is 23.7 Å². The summed E-state index contributed by atoms with van der Waals surface area (Å²) in [4.78, 5) is 16.4. The summed E-state index contributed by atoms with van der Waals surface area (Å²) in [5, 5.41) is 3.17. The topological polar surface area (TPSA) is 46.9 Å². The second-order valence-electron chi connectivity index (χ2n) is 6.48. The molecule has 3 unspecified atom stereocenters. The highest BCUT2D eigenvalue weighted by atomic mass is 16.2. The minimum absolute atomic E-state index is 0.311. The van der Waals surface area contributed by atoms with Gasteiger partial charge in [0.15, 0.2) is 0 Å². The van der Waals surface area contributed by atoms with Gasteiger partial charge in [0, 0.05) is 37.8 Å². The fourth-order valence-corrected chi connectivity index (χ4v) is 3.53. The van der Waals surface area contributed by atoms with Gasteiger partial charge < -0.3 is 9.88 Å². The lowest BCUT2D eigenvalue weighted by molar-refractivity contribution is -0.122. The summed E-state index contributed by atoms with van der Waals surface area (Å²) in [7, 11) is 0. The van der Waals surface area contributed by atoms with Crippen LogP contribution in [0.5, 0.6) is 0 Å². The van der Waals surface area contributed by atoms with Crippen LogP contribution in [0.2, 0.25) is 0 Å². The van der Waals surface area contributed by atoms with Crippen LogP contribution >= 0.6 is 0 Å². The Morgan fingerprint density at radius 2 is 2.32 bits per heavy atom. The van der Waals surface area contributed by atoms with Crippen molar-refractivity contribution in [1.29, 1.82) is 0 Å². The summed E-state index contributed by atoms with van der Waals surface area (Å²) in [6.45, 7) is 1.88. The molecule has 2 fully saturated rings. The van der Waals surface area contributed by atoms with Gasteiger partial charge in [-0.05, 0) is 43.4 Å². The van der Waals surface area contributed by atoms with Gasteiger partial charge in [0.25, 0.3) is 0 Å². The Morgan fingerprint density at radius 3 is 3.16 bits per heavy atom. The number of aromatic nitrogens is 2. The Bertz CT molecular complexity index is 491. The van der Waals surface area contributed by atoms with E-state index >= 15 is 0 Å². The zero-order valence-electron chi connectivity index (χ0n) is 11.2. The third-order valence-electron chi connectivity index (χ3n) is 5.02. The van der Waals surface area contributed by atoms with Crippen LogP contribution in [0.25, 0.3) is 0 Å². The van der Waals surface area contributed by atoms with E-state index in [0.717, 1.165) is 44.2 Å². The maximum atomic E-state index is 12.1. The van der Waals surface area contributed by atoms with E-state index in [1.165, 1.54) is 18.7 Å². The maximum Gasteiger partial charge on any atom is 0.223 e. The van der Waals surface area contributed by atoms with Gasteiger partial charge in [0.1, 0.15) is 5.82 Å². The van der Waals surface area contributed by atoms with E-state index in [9.17, 15) is 4.79 Å². The first-order valence-corrected chi connectivity index (χ1v) is 7.59. The lowest BCUT2D eigenvalue weighted by Gasteiger charge is -2.23. The number of hydrogen-bond donors (Lipinski definition) is 1. The average molecular weight is 259 g/mol. The molecule has 1 aromatic rings. The molecule has 0 spiro atoms. The number of imidazole rings is 1. The number of fused-ring (bicyclic) bond motifs is 1. The van der Waals surface area contributed by atoms with Gasteiger partial charge in [-0.15, -0.1) is 0 Å². The highest BCUT2D eigenvalue weighted by Gasteiger charge is 2.50. The standard InChI is InChI=1S/C15H21N3O/c19-15(13-8-12(13)11-1-2-11)17-9-10-3-5-18-6-4-16-14(18)7-10/h4,6,10-13H,1-3,5,7-9H2,(H,17,19). The predicted octanol–water partition coefficient (Wildman–Crippen LogP) is 1.61. The van der Waals surface area contributed by atoms with Gasteiger partial charge in [-0.2, -0.15) is 0 Å². The summed E-state index contributed by atoms with van der Waals surface area (Å²) < 4.78 is 2.22. The summed E-state index contributed by atoms with van der Waals surface area (Å²) in [6, 6.07) is 0. The second kappa shape index (κ2) is 4.36. The summed E-state index contributed by atoms with van der Waals surface area (Å²) in [5.74, 6) is 4.01. The Morgan fingerprint density at radius 1 is 1.42 bits per heavy atom. The quantitative estimate of drug-likeness (QED) is 0.893. The summed E-state index contributed by atoms with van der Waals surface area (Å²) in [6.07, 6.45) is 9.95. The fourth-order valence-electron chi connectivity index (χ4n) is 3.53. The lowest BCUT2D eigenvalue weighted by Crippen LogP contribution is -2.34. The molecule has 2 aliphatic carbocycles. The Kier molecular flexibility index (Phi) is 2.64. The number of nitrogens with zero attached hydrogens (tertiary/aromatic N) is 2. The first-order valence-electron chi connectivity index (χ1n) is 7.59. The smallest absolute Gasteiger partial charge is 0.223 e. The molecule has 1 N–H and O–H groups in total. The number of aryl methyl sites for hydroxylation is 1. The SMILES string of the molecule is O=C(NCC1CCn2ccnc2C1)C1CC1C1CC1. The van der Waals surface area contributed by atoms with E-state index in [4.69, 9.17) is 0 Å². The van der Waals surface area contributed by atoms with Crippen molar-refractivity contribution in [1.82, 2.24) is 14.9 Å². The van der Waals surface area contributed by atoms with Crippen LogP contribution in [0.3, 0.4) is 0 Å². The van der Waals surface area contributed by atoms with Crippen molar-refractivity contribution in [3.05, 3.63) is 18.2 Å². The van der Waals surface area contributed by atoms with E-state index in [-0.39, 0.29) is 0 Å². The first kappa shape index (κ1) is 11.5.